The number of carbonyl (C=O) groups is 1. The summed E-state index contributed by atoms with van der Waals surface area (Å²) in [5.74, 6) is 0.891. The number of carbonyl (C=O) groups excluding carboxylic acids is 1. The molecule has 0 spiro atoms. The third-order valence-electron chi connectivity index (χ3n) is 3.84. The van der Waals surface area contributed by atoms with Crippen LogP contribution < -0.4 is 14.8 Å². The van der Waals surface area contributed by atoms with Gasteiger partial charge in [-0.25, -0.2) is 13.1 Å². The molecule has 2 rings (SSSR count). The number of methoxy groups -OCH3 is 1. The maximum absolute atomic E-state index is 12.6. The lowest BCUT2D eigenvalue weighted by Gasteiger charge is -2.16. The fourth-order valence-electron chi connectivity index (χ4n) is 2.44. The molecule has 0 aliphatic rings. The van der Waals surface area contributed by atoms with Crippen molar-refractivity contribution in [3.63, 3.8) is 0 Å². The molecule has 0 aliphatic carbocycles. The topological polar surface area (TPSA) is 84.5 Å². The SMILES string of the molecule is COc1ccc(S(=O)(=O)NC(C)C)cc1NC(=O)[C@H](C)SCc1ccccc1. The number of sulfonamides is 1. The molecule has 0 bridgehead atoms. The zero-order valence-electron chi connectivity index (χ0n) is 16.4. The molecule has 0 saturated carbocycles. The molecule has 0 aliphatic heterocycles. The van der Waals surface area contributed by atoms with E-state index in [9.17, 15) is 13.2 Å². The van der Waals surface area contributed by atoms with Gasteiger partial charge in [0.05, 0.1) is 22.9 Å². The van der Waals surface area contributed by atoms with Crippen molar-refractivity contribution in [3.05, 3.63) is 54.1 Å². The highest BCUT2D eigenvalue weighted by atomic mass is 32.2. The van der Waals surface area contributed by atoms with Crippen LogP contribution in [0.25, 0.3) is 0 Å². The van der Waals surface area contributed by atoms with E-state index in [1.54, 1.807) is 13.8 Å². The standard InChI is InChI=1S/C20H26N2O4S2/c1-14(2)22-28(24,25)17-10-11-19(26-4)18(12-17)21-20(23)15(3)27-13-16-8-6-5-7-9-16/h5-12,14-15,22H,13H2,1-4H3,(H,21,23)/t15-/m0/s1. The summed E-state index contributed by atoms with van der Waals surface area (Å²) in [6.45, 7) is 5.31. The molecule has 152 valence electrons. The van der Waals surface area contributed by atoms with Crippen molar-refractivity contribution in [2.45, 2.75) is 42.7 Å². The number of benzene rings is 2. The van der Waals surface area contributed by atoms with Crippen LogP contribution in [0, 0.1) is 0 Å². The maximum atomic E-state index is 12.6. The molecule has 2 N–H and O–H groups in total. The Bertz CT molecular complexity index is 900. The van der Waals surface area contributed by atoms with Gasteiger partial charge in [0.25, 0.3) is 0 Å². The molecule has 0 saturated heterocycles. The molecule has 8 heteroatoms. The molecule has 28 heavy (non-hydrogen) atoms. The maximum Gasteiger partial charge on any atom is 0.240 e. The van der Waals surface area contributed by atoms with E-state index in [0.717, 1.165) is 5.56 Å². The fraction of sp³-hybridized carbons (Fsp3) is 0.350. The Morgan fingerprint density at radius 2 is 1.79 bits per heavy atom. The van der Waals surface area contributed by atoms with Gasteiger partial charge in [-0.15, -0.1) is 11.8 Å². The normalized spacial score (nSPS) is 12.6. The number of ether oxygens (including phenoxy) is 1. The van der Waals surface area contributed by atoms with Crippen LogP contribution in [-0.4, -0.2) is 32.7 Å². The molecule has 1 amide bonds. The summed E-state index contributed by atoms with van der Waals surface area (Å²) in [7, 11) is -2.20. The van der Waals surface area contributed by atoms with Crippen molar-refractivity contribution in [2.24, 2.45) is 0 Å². The van der Waals surface area contributed by atoms with Crippen molar-refractivity contribution in [3.8, 4) is 5.75 Å². The third kappa shape index (κ3) is 6.25. The average molecular weight is 423 g/mol. The van der Waals surface area contributed by atoms with Gasteiger partial charge in [-0.2, -0.15) is 0 Å². The van der Waals surface area contributed by atoms with Crippen molar-refractivity contribution in [1.29, 1.82) is 0 Å². The lowest BCUT2D eigenvalue weighted by molar-refractivity contribution is -0.115. The Balaban J connectivity index is 2.12. The molecule has 2 aromatic carbocycles. The van der Waals surface area contributed by atoms with Gasteiger partial charge in [0.1, 0.15) is 5.75 Å². The number of anilines is 1. The first-order chi connectivity index (χ1) is 13.2. The number of nitrogens with one attached hydrogen (secondary N) is 2. The second kappa shape index (κ2) is 9.95. The summed E-state index contributed by atoms with van der Waals surface area (Å²) in [6.07, 6.45) is 0. The molecule has 6 nitrogen and oxygen atoms in total. The Morgan fingerprint density at radius 3 is 2.39 bits per heavy atom. The van der Waals surface area contributed by atoms with E-state index in [1.807, 2.05) is 37.3 Å². The van der Waals surface area contributed by atoms with E-state index in [2.05, 4.69) is 10.0 Å². The van der Waals surface area contributed by atoms with E-state index in [0.29, 0.717) is 17.2 Å². The quantitative estimate of drug-likeness (QED) is 0.644. The highest BCUT2D eigenvalue weighted by Crippen LogP contribution is 2.29. The van der Waals surface area contributed by atoms with Gasteiger partial charge in [-0.05, 0) is 44.5 Å². The highest BCUT2D eigenvalue weighted by Gasteiger charge is 2.20. The largest absolute Gasteiger partial charge is 0.495 e. The number of thioether (sulfide) groups is 1. The predicted molar refractivity (Wildman–Crippen MR) is 114 cm³/mol. The van der Waals surface area contributed by atoms with Gasteiger partial charge in [-0.3, -0.25) is 4.79 Å². The molecular formula is C20H26N2O4S2. The lowest BCUT2D eigenvalue weighted by atomic mass is 10.2. The molecule has 1 atom stereocenters. The van der Waals surface area contributed by atoms with Crippen molar-refractivity contribution >= 4 is 33.4 Å². The lowest BCUT2D eigenvalue weighted by Crippen LogP contribution is -2.30. The van der Waals surface area contributed by atoms with Crippen LogP contribution in [-0.2, 0) is 20.6 Å². The summed E-state index contributed by atoms with van der Waals surface area (Å²) in [5, 5.41) is 2.47. The first-order valence-corrected chi connectivity index (χ1v) is 11.4. The minimum atomic E-state index is -3.67. The van der Waals surface area contributed by atoms with Crippen molar-refractivity contribution in [1.82, 2.24) is 4.72 Å². The molecule has 0 unspecified atom stereocenters. The molecule has 2 aromatic rings. The summed E-state index contributed by atoms with van der Waals surface area (Å²) in [6, 6.07) is 14.1. The van der Waals surface area contributed by atoms with Crippen LogP contribution in [0.3, 0.4) is 0 Å². The monoisotopic (exact) mass is 422 g/mol. The minimum absolute atomic E-state index is 0.0712. The van der Waals surface area contributed by atoms with Crippen LogP contribution in [0.4, 0.5) is 5.69 Å². The minimum Gasteiger partial charge on any atom is -0.495 e. The van der Waals surface area contributed by atoms with Crippen LogP contribution in [0.15, 0.2) is 53.4 Å². The van der Waals surface area contributed by atoms with Gasteiger partial charge >= 0.3 is 0 Å². The van der Waals surface area contributed by atoms with Gasteiger partial charge in [0.2, 0.25) is 15.9 Å². The second-order valence-corrected chi connectivity index (χ2v) is 9.61. The zero-order valence-corrected chi connectivity index (χ0v) is 18.1. The highest BCUT2D eigenvalue weighted by molar-refractivity contribution is 7.99. The van der Waals surface area contributed by atoms with E-state index in [-0.39, 0.29) is 22.1 Å². The van der Waals surface area contributed by atoms with Crippen LogP contribution in [0.5, 0.6) is 5.75 Å². The van der Waals surface area contributed by atoms with Crippen LogP contribution in [0.1, 0.15) is 26.3 Å². The molecule has 0 heterocycles. The summed E-state index contributed by atoms with van der Waals surface area (Å²) < 4.78 is 32.6. The zero-order chi connectivity index (χ0) is 20.7. The first kappa shape index (κ1) is 22.3. The van der Waals surface area contributed by atoms with Crippen LogP contribution >= 0.6 is 11.8 Å². The Labute approximate surface area is 171 Å². The van der Waals surface area contributed by atoms with Gasteiger partial charge in [0.15, 0.2) is 0 Å². The summed E-state index contributed by atoms with van der Waals surface area (Å²) in [4.78, 5) is 12.7. The summed E-state index contributed by atoms with van der Waals surface area (Å²) >= 11 is 1.51. The van der Waals surface area contributed by atoms with Crippen molar-refractivity contribution < 1.29 is 17.9 Å². The Hall–Kier alpha value is -2.03. The average Bonchev–Trinajstić information content (AvgIpc) is 2.65. The third-order valence-corrected chi connectivity index (χ3v) is 6.71. The second-order valence-electron chi connectivity index (χ2n) is 6.57. The summed E-state index contributed by atoms with van der Waals surface area (Å²) in [5.41, 5.74) is 1.46. The molecule has 0 radical (unpaired) electrons. The van der Waals surface area contributed by atoms with E-state index in [1.165, 1.54) is 37.1 Å². The van der Waals surface area contributed by atoms with Gasteiger partial charge in [-0.1, -0.05) is 30.3 Å². The predicted octanol–water partition coefficient (Wildman–Crippen LogP) is 3.64. The van der Waals surface area contributed by atoms with E-state index < -0.39 is 10.0 Å². The van der Waals surface area contributed by atoms with E-state index >= 15 is 0 Å². The molecule has 0 fully saturated rings. The number of hydrogen-bond donors (Lipinski definition) is 2. The Morgan fingerprint density at radius 1 is 1.11 bits per heavy atom. The first-order valence-electron chi connectivity index (χ1n) is 8.89. The van der Waals surface area contributed by atoms with Crippen LogP contribution in [0.2, 0.25) is 0 Å². The van der Waals surface area contributed by atoms with Gasteiger partial charge in [0, 0.05) is 11.8 Å². The van der Waals surface area contributed by atoms with Crippen molar-refractivity contribution in [2.75, 3.05) is 12.4 Å². The smallest absolute Gasteiger partial charge is 0.240 e. The number of amides is 1. The number of hydrogen-bond acceptors (Lipinski definition) is 5. The molecule has 0 aromatic heterocycles. The molecular weight excluding hydrogens is 396 g/mol. The fourth-order valence-corrected chi connectivity index (χ4v) is 4.56. The van der Waals surface area contributed by atoms with E-state index in [4.69, 9.17) is 4.74 Å². The van der Waals surface area contributed by atoms with Gasteiger partial charge < -0.3 is 10.1 Å². The number of rotatable bonds is 9. The Kier molecular flexibility index (Phi) is 7.91.